The minimum absolute atomic E-state index is 0.0939. The van der Waals surface area contributed by atoms with Crippen molar-refractivity contribution < 1.29 is 22.3 Å². The first-order valence-electron chi connectivity index (χ1n) is 4.82. The third-order valence-electron chi connectivity index (χ3n) is 1.63. The largest absolute Gasteiger partial charge is 0.374 e. The zero-order valence-corrected chi connectivity index (χ0v) is 9.46. The molecule has 0 saturated heterocycles. The van der Waals surface area contributed by atoms with Gasteiger partial charge >= 0.3 is 12.3 Å². The van der Waals surface area contributed by atoms with Gasteiger partial charge in [-0.1, -0.05) is 13.3 Å². The molecule has 0 rings (SSSR count). The monoisotopic (exact) mass is 248 g/mol. The van der Waals surface area contributed by atoms with Crippen molar-refractivity contribution >= 4 is 11.8 Å². The van der Waals surface area contributed by atoms with Gasteiger partial charge in [-0.25, -0.2) is 8.78 Å². The maximum atomic E-state index is 12.3. The van der Waals surface area contributed by atoms with Crippen LogP contribution >= 0.6 is 11.8 Å². The number of thioether (sulfide) groups is 1. The second-order valence-electron chi connectivity index (χ2n) is 3.08. The summed E-state index contributed by atoms with van der Waals surface area (Å²) < 4.78 is 52.4. The van der Waals surface area contributed by atoms with Gasteiger partial charge in [0.1, 0.15) is 6.61 Å². The fourth-order valence-electron chi connectivity index (χ4n) is 0.738. The van der Waals surface area contributed by atoms with Crippen molar-refractivity contribution in [3.05, 3.63) is 0 Å². The average molecular weight is 248 g/mol. The Hall–Kier alpha value is 0.0300. The highest BCUT2D eigenvalue weighted by atomic mass is 32.2. The quantitative estimate of drug-likeness (QED) is 0.456. The molecule has 0 amide bonds. The van der Waals surface area contributed by atoms with Crippen LogP contribution in [0.25, 0.3) is 0 Å². The molecule has 0 fully saturated rings. The molecule has 0 atom stereocenters. The van der Waals surface area contributed by atoms with Gasteiger partial charge in [0, 0.05) is 5.75 Å². The molecule has 0 aromatic carbocycles. The lowest BCUT2D eigenvalue weighted by atomic mass is 10.4. The molecule has 0 aliphatic rings. The molecule has 0 heterocycles. The Morgan fingerprint density at radius 1 is 1.27 bits per heavy atom. The molecule has 0 spiro atoms. The number of alkyl halides is 4. The van der Waals surface area contributed by atoms with Crippen molar-refractivity contribution in [1.82, 2.24) is 0 Å². The molecule has 0 N–H and O–H groups in total. The topological polar surface area (TPSA) is 9.23 Å². The highest BCUT2D eigenvalue weighted by Crippen LogP contribution is 2.22. The molecule has 0 radical (unpaired) electrons. The summed E-state index contributed by atoms with van der Waals surface area (Å²) in [6.45, 7) is 0.954. The second-order valence-corrected chi connectivity index (χ2v) is 4.30. The van der Waals surface area contributed by atoms with Crippen LogP contribution < -0.4 is 0 Å². The summed E-state index contributed by atoms with van der Waals surface area (Å²) in [7, 11) is 0. The second kappa shape index (κ2) is 8.21. The van der Waals surface area contributed by atoms with Crippen molar-refractivity contribution in [2.45, 2.75) is 32.1 Å². The van der Waals surface area contributed by atoms with E-state index in [1.807, 2.05) is 0 Å². The van der Waals surface area contributed by atoms with E-state index in [9.17, 15) is 17.6 Å². The molecule has 0 saturated carbocycles. The van der Waals surface area contributed by atoms with Crippen molar-refractivity contribution in [1.29, 1.82) is 0 Å². The molecule has 0 aromatic rings. The number of hydrogen-bond acceptors (Lipinski definition) is 2. The lowest BCUT2D eigenvalue weighted by Gasteiger charge is -2.14. The van der Waals surface area contributed by atoms with Crippen LogP contribution in [0.3, 0.4) is 0 Å². The van der Waals surface area contributed by atoms with E-state index >= 15 is 0 Å². The third kappa shape index (κ3) is 7.90. The highest BCUT2D eigenvalue weighted by molar-refractivity contribution is 7.99. The molecule has 15 heavy (non-hydrogen) atoms. The van der Waals surface area contributed by atoms with Crippen molar-refractivity contribution in [3.63, 3.8) is 0 Å². The molecule has 1 nitrogen and oxygen atoms in total. The predicted molar refractivity (Wildman–Crippen MR) is 54.0 cm³/mol. The Bertz CT molecular complexity index is 155. The number of halogens is 4. The zero-order chi connectivity index (χ0) is 11.7. The van der Waals surface area contributed by atoms with E-state index in [0.29, 0.717) is 5.75 Å². The van der Waals surface area contributed by atoms with Crippen LogP contribution in [0.5, 0.6) is 0 Å². The number of rotatable bonds is 9. The summed E-state index contributed by atoms with van der Waals surface area (Å²) in [5.74, 6) is -2.50. The molecule has 92 valence electrons. The van der Waals surface area contributed by atoms with Gasteiger partial charge in [-0.05, 0) is 12.2 Å². The highest BCUT2D eigenvalue weighted by Gasteiger charge is 2.40. The van der Waals surface area contributed by atoms with E-state index in [4.69, 9.17) is 0 Å². The fraction of sp³-hybridized carbons (Fsp3) is 1.00. The molecule has 0 aliphatic heterocycles. The molecule has 0 bridgehead atoms. The summed E-state index contributed by atoms with van der Waals surface area (Å²) in [4.78, 5) is 0. The minimum Gasteiger partial charge on any atom is -0.374 e. The van der Waals surface area contributed by atoms with Gasteiger partial charge in [0.15, 0.2) is 0 Å². The Morgan fingerprint density at radius 3 is 2.47 bits per heavy atom. The van der Waals surface area contributed by atoms with Crippen LogP contribution in [0, 0.1) is 0 Å². The molecule has 0 unspecified atom stereocenters. The van der Waals surface area contributed by atoms with Gasteiger partial charge in [0.2, 0.25) is 0 Å². The molecular weight excluding hydrogens is 232 g/mol. The van der Waals surface area contributed by atoms with Crippen molar-refractivity contribution in [2.24, 2.45) is 0 Å². The third-order valence-corrected chi connectivity index (χ3v) is 2.66. The smallest absolute Gasteiger partial charge is 0.330 e. The molecular formula is C9H16F4OS. The Labute approximate surface area is 91.6 Å². The molecule has 0 aliphatic carbocycles. The van der Waals surface area contributed by atoms with Crippen molar-refractivity contribution in [3.8, 4) is 0 Å². The number of hydrogen-bond donors (Lipinski definition) is 0. The van der Waals surface area contributed by atoms with E-state index < -0.39 is 19.0 Å². The van der Waals surface area contributed by atoms with Gasteiger partial charge < -0.3 is 4.74 Å². The minimum atomic E-state index is -4.02. The Morgan fingerprint density at radius 2 is 1.93 bits per heavy atom. The van der Waals surface area contributed by atoms with E-state index in [1.54, 1.807) is 11.8 Å². The first-order chi connectivity index (χ1) is 7.00. The van der Waals surface area contributed by atoms with Crippen LogP contribution in [0.4, 0.5) is 17.6 Å². The first-order valence-corrected chi connectivity index (χ1v) is 5.97. The SMILES string of the molecule is CCCCSCCOCC(F)(F)C(F)F. The van der Waals surface area contributed by atoms with Gasteiger partial charge in [-0.15, -0.1) is 0 Å². The zero-order valence-electron chi connectivity index (χ0n) is 8.65. The Kier molecular flexibility index (Phi) is 8.23. The van der Waals surface area contributed by atoms with Gasteiger partial charge in [-0.2, -0.15) is 20.5 Å². The van der Waals surface area contributed by atoms with Crippen LogP contribution in [0.1, 0.15) is 19.8 Å². The van der Waals surface area contributed by atoms with E-state index in [0.717, 1.165) is 18.6 Å². The average Bonchev–Trinajstić information content (AvgIpc) is 2.16. The maximum Gasteiger partial charge on any atom is 0.330 e. The molecule has 6 heteroatoms. The summed E-state index contributed by atoms with van der Waals surface area (Å²) in [5, 5.41) is 0. The maximum absolute atomic E-state index is 12.3. The number of unbranched alkanes of at least 4 members (excludes halogenated alkanes) is 1. The van der Waals surface area contributed by atoms with Crippen LogP contribution in [-0.2, 0) is 4.74 Å². The standard InChI is InChI=1S/C9H16F4OS/c1-2-3-5-15-6-4-14-7-9(12,13)8(10)11/h8H,2-7H2,1H3. The molecule has 0 aromatic heterocycles. The lowest BCUT2D eigenvalue weighted by Crippen LogP contribution is -2.32. The van der Waals surface area contributed by atoms with Crippen LogP contribution in [0.2, 0.25) is 0 Å². The summed E-state index contributed by atoms with van der Waals surface area (Å²) in [6.07, 6.45) is -1.50. The summed E-state index contributed by atoms with van der Waals surface area (Å²) >= 11 is 1.58. The predicted octanol–water partition coefficient (Wildman–Crippen LogP) is 3.44. The van der Waals surface area contributed by atoms with E-state index in [1.165, 1.54) is 0 Å². The summed E-state index contributed by atoms with van der Waals surface area (Å²) in [5.41, 5.74) is 0. The fourth-order valence-corrected chi connectivity index (χ4v) is 1.67. The van der Waals surface area contributed by atoms with Gasteiger partial charge in [-0.3, -0.25) is 0 Å². The van der Waals surface area contributed by atoms with Crippen LogP contribution in [0.15, 0.2) is 0 Å². The van der Waals surface area contributed by atoms with Gasteiger partial charge in [0.05, 0.1) is 6.61 Å². The summed E-state index contributed by atoms with van der Waals surface area (Å²) in [6, 6.07) is 0. The van der Waals surface area contributed by atoms with Crippen molar-refractivity contribution in [2.75, 3.05) is 24.7 Å². The van der Waals surface area contributed by atoms with Crippen LogP contribution in [-0.4, -0.2) is 37.1 Å². The normalized spacial score (nSPS) is 12.4. The lowest BCUT2D eigenvalue weighted by molar-refractivity contribution is -0.164. The Balaban J connectivity index is 3.31. The van der Waals surface area contributed by atoms with E-state index in [2.05, 4.69) is 11.7 Å². The number of ether oxygens (including phenoxy) is 1. The first kappa shape index (κ1) is 15.0. The van der Waals surface area contributed by atoms with E-state index in [-0.39, 0.29) is 6.61 Å². The van der Waals surface area contributed by atoms with Gasteiger partial charge in [0.25, 0.3) is 0 Å².